The summed E-state index contributed by atoms with van der Waals surface area (Å²) >= 11 is 0. The van der Waals surface area contributed by atoms with Gasteiger partial charge in [-0.2, -0.15) is 0 Å². The SMILES string of the molecule is CCCC/C=C/C(CCCCCCCCCCCCCCCC)COS(=O)(=O)[O-].[K+]. The topological polar surface area (TPSA) is 66.4 Å². The van der Waals surface area contributed by atoms with Crippen LogP contribution in [-0.4, -0.2) is 19.6 Å². The number of hydrogen-bond donors (Lipinski definition) is 0. The molecule has 0 saturated heterocycles. The van der Waals surface area contributed by atoms with Gasteiger partial charge < -0.3 is 4.55 Å². The van der Waals surface area contributed by atoms with Gasteiger partial charge in [-0.3, -0.25) is 4.18 Å². The third-order valence-corrected chi connectivity index (χ3v) is 5.91. The van der Waals surface area contributed by atoms with Crippen molar-refractivity contribution in [3.05, 3.63) is 12.2 Å². The average Bonchev–Trinajstić information content (AvgIpc) is 2.68. The van der Waals surface area contributed by atoms with Gasteiger partial charge in [0.1, 0.15) is 0 Å². The van der Waals surface area contributed by atoms with Crippen LogP contribution in [0.1, 0.15) is 129 Å². The second-order valence-corrected chi connectivity index (χ2v) is 9.46. The molecule has 30 heavy (non-hydrogen) atoms. The van der Waals surface area contributed by atoms with Crippen molar-refractivity contribution in [1.29, 1.82) is 0 Å². The second kappa shape index (κ2) is 24.9. The number of hydrogen-bond acceptors (Lipinski definition) is 4. The molecule has 0 aliphatic carbocycles. The smallest absolute Gasteiger partial charge is 0.726 e. The molecule has 0 aromatic carbocycles. The van der Waals surface area contributed by atoms with E-state index in [4.69, 9.17) is 0 Å². The van der Waals surface area contributed by atoms with Crippen LogP contribution in [0.25, 0.3) is 0 Å². The van der Waals surface area contributed by atoms with Crippen LogP contribution in [0.5, 0.6) is 0 Å². The Morgan fingerprint density at radius 1 is 0.733 bits per heavy atom. The molecule has 0 N–H and O–H groups in total. The minimum absolute atomic E-state index is 0. The maximum absolute atomic E-state index is 10.7. The van der Waals surface area contributed by atoms with Crippen LogP contribution in [0.3, 0.4) is 0 Å². The van der Waals surface area contributed by atoms with E-state index in [0.29, 0.717) is 0 Å². The molecule has 0 aliphatic heterocycles. The third kappa shape index (κ3) is 27.3. The molecule has 1 atom stereocenters. The van der Waals surface area contributed by atoms with Crippen LogP contribution in [0.4, 0.5) is 0 Å². The molecule has 0 saturated carbocycles. The van der Waals surface area contributed by atoms with Crippen molar-refractivity contribution in [3.63, 3.8) is 0 Å². The Morgan fingerprint density at radius 2 is 1.17 bits per heavy atom. The molecule has 1 unspecified atom stereocenters. The summed E-state index contributed by atoms with van der Waals surface area (Å²) in [6.45, 7) is 4.39. The van der Waals surface area contributed by atoms with E-state index < -0.39 is 10.4 Å². The third-order valence-electron chi connectivity index (χ3n) is 5.49. The van der Waals surface area contributed by atoms with Crippen molar-refractivity contribution >= 4 is 10.4 Å². The van der Waals surface area contributed by atoms with Crippen molar-refractivity contribution in [3.8, 4) is 0 Å². The average molecular weight is 471 g/mol. The Bertz CT molecular complexity index is 466. The van der Waals surface area contributed by atoms with E-state index in [-0.39, 0.29) is 63.9 Å². The summed E-state index contributed by atoms with van der Waals surface area (Å²) in [4.78, 5) is 0. The van der Waals surface area contributed by atoms with Gasteiger partial charge in [0.05, 0.1) is 6.61 Å². The number of unbranched alkanes of at least 4 members (excludes halogenated alkanes) is 15. The molecule has 4 nitrogen and oxygen atoms in total. The molecule has 0 aromatic heterocycles. The van der Waals surface area contributed by atoms with Gasteiger partial charge in [0.15, 0.2) is 0 Å². The summed E-state index contributed by atoms with van der Waals surface area (Å²) in [6, 6.07) is 0. The van der Waals surface area contributed by atoms with E-state index in [0.717, 1.165) is 32.1 Å². The van der Waals surface area contributed by atoms with Gasteiger partial charge in [0.2, 0.25) is 10.4 Å². The van der Waals surface area contributed by atoms with Crippen molar-refractivity contribution in [1.82, 2.24) is 0 Å². The van der Waals surface area contributed by atoms with Crippen molar-refractivity contribution < 1.29 is 68.5 Å². The van der Waals surface area contributed by atoms with Gasteiger partial charge in [-0.05, 0) is 12.8 Å². The molecule has 0 amide bonds. The first-order valence-corrected chi connectivity index (χ1v) is 13.6. The van der Waals surface area contributed by atoms with E-state index in [1.54, 1.807) is 0 Å². The van der Waals surface area contributed by atoms with Crippen LogP contribution in [0.2, 0.25) is 0 Å². The standard InChI is InChI=1S/C24H48O4S.K/c1-3-5-7-9-10-11-12-13-14-15-16-17-18-20-22-24(21-19-8-6-4-2)23-28-29(25,26)27;/h19,21,24H,3-18,20,22-23H2,1-2H3,(H,25,26,27);/q;+1/p-1/b21-19+;. The molecule has 0 bridgehead atoms. The molecule has 0 aromatic rings. The van der Waals surface area contributed by atoms with Crippen LogP contribution >= 0.6 is 0 Å². The van der Waals surface area contributed by atoms with Gasteiger partial charge >= 0.3 is 51.4 Å². The van der Waals surface area contributed by atoms with E-state index in [1.165, 1.54) is 83.5 Å². The fraction of sp³-hybridized carbons (Fsp3) is 0.917. The van der Waals surface area contributed by atoms with Gasteiger partial charge in [-0.15, -0.1) is 0 Å². The first-order valence-electron chi connectivity index (χ1n) is 12.3. The zero-order chi connectivity index (χ0) is 21.6. The Morgan fingerprint density at radius 3 is 1.60 bits per heavy atom. The van der Waals surface area contributed by atoms with Crippen LogP contribution < -0.4 is 51.4 Å². The summed E-state index contributed by atoms with van der Waals surface area (Å²) in [5, 5.41) is 0. The molecular formula is C24H47KO4S. The van der Waals surface area contributed by atoms with Gasteiger partial charge in [0, 0.05) is 5.92 Å². The minimum atomic E-state index is -4.60. The zero-order valence-corrected chi connectivity index (χ0v) is 24.1. The van der Waals surface area contributed by atoms with E-state index in [2.05, 4.69) is 24.1 Å². The fourth-order valence-electron chi connectivity index (χ4n) is 3.62. The fourth-order valence-corrected chi connectivity index (χ4v) is 3.96. The van der Waals surface area contributed by atoms with Gasteiger partial charge in [-0.1, -0.05) is 129 Å². The zero-order valence-electron chi connectivity index (χ0n) is 20.2. The minimum Gasteiger partial charge on any atom is -0.726 e. The molecular weight excluding hydrogens is 423 g/mol. The Balaban J connectivity index is 0. The van der Waals surface area contributed by atoms with E-state index >= 15 is 0 Å². The first kappa shape index (κ1) is 33.4. The quantitative estimate of drug-likeness (QED) is 0.0756. The van der Waals surface area contributed by atoms with E-state index in [9.17, 15) is 13.0 Å². The predicted octanol–water partition coefficient (Wildman–Crippen LogP) is 4.70. The molecule has 0 radical (unpaired) electrons. The maximum atomic E-state index is 10.7. The molecule has 0 rings (SSSR count). The molecule has 0 spiro atoms. The van der Waals surface area contributed by atoms with Crippen molar-refractivity contribution in [2.45, 2.75) is 129 Å². The summed E-state index contributed by atoms with van der Waals surface area (Å²) < 4.78 is 36.6. The van der Waals surface area contributed by atoms with Crippen LogP contribution in [0, 0.1) is 5.92 Å². The van der Waals surface area contributed by atoms with E-state index in [1.807, 2.05) is 6.08 Å². The summed E-state index contributed by atoms with van der Waals surface area (Å²) in [7, 11) is -4.60. The van der Waals surface area contributed by atoms with Crippen LogP contribution in [0.15, 0.2) is 12.2 Å². The van der Waals surface area contributed by atoms with Crippen molar-refractivity contribution in [2.24, 2.45) is 5.92 Å². The summed E-state index contributed by atoms with van der Waals surface area (Å²) in [6.07, 6.45) is 26.8. The Labute approximate surface area is 230 Å². The monoisotopic (exact) mass is 470 g/mol. The molecule has 0 fully saturated rings. The van der Waals surface area contributed by atoms with Crippen molar-refractivity contribution in [2.75, 3.05) is 6.61 Å². The first-order chi connectivity index (χ1) is 14.0. The number of rotatable bonds is 22. The van der Waals surface area contributed by atoms with Gasteiger partial charge in [0.25, 0.3) is 0 Å². The molecule has 174 valence electrons. The van der Waals surface area contributed by atoms with Crippen LogP contribution in [-0.2, 0) is 14.6 Å². The largest absolute Gasteiger partial charge is 1.00 e. The number of allylic oxidation sites excluding steroid dienone is 1. The second-order valence-electron chi connectivity index (χ2n) is 8.41. The normalized spacial score (nSPS) is 12.9. The summed E-state index contributed by atoms with van der Waals surface area (Å²) in [5.74, 6) is 0.0212. The summed E-state index contributed by atoms with van der Waals surface area (Å²) in [5.41, 5.74) is 0. The Hall–Kier alpha value is 1.25. The van der Waals surface area contributed by atoms with Gasteiger partial charge in [-0.25, -0.2) is 8.42 Å². The Kier molecular flexibility index (Phi) is 27.7. The maximum Gasteiger partial charge on any atom is 1.00 e. The molecule has 0 aliphatic rings. The molecule has 0 heterocycles. The molecule has 6 heteroatoms. The predicted molar refractivity (Wildman–Crippen MR) is 123 cm³/mol.